The van der Waals surface area contributed by atoms with Gasteiger partial charge in [0, 0.05) is 3.57 Å². The largest absolute Gasteiger partial charge is 0.427 e. The summed E-state index contributed by atoms with van der Waals surface area (Å²) in [7, 11) is -9.62. The quantitative estimate of drug-likeness (QED) is 0.433. The summed E-state index contributed by atoms with van der Waals surface area (Å²) in [4.78, 5) is 0.743. The summed E-state index contributed by atoms with van der Waals surface area (Å²) in [5, 5.41) is 8.71. The first-order valence-corrected chi connectivity index (χ1v) is 8.09. The van der Waals surface area contributed by atoms with Gasteiger partial charge in [0.05, 0.1) is 0 Å². The monoisotopic (exact) mass is 405 g/mol. The molecule has 0 radical (unpaired) electrons. The number of rotatable bonds is 2. The number of hydrogen-bond donors (Lipinski definition) is 2. The Bertz CT molecular complexity index is 762. The summed E-state index contributed by atoms with van der Waals surface area (Å²) in [6, 6.07) is 0.926. The Kier molecular flexibility index (Phi) is 3.98. The number of diazo groups is 1. The molecule has 1 rings (SSSR count). The summed E-state index contributed by atoms with van der Waals surface area (Å²) in [5.41, 5.74) is -0.934. The van der Waals surface area contributed by atoms with Crippen molar-refractivity contribution < 1.29 is 25.9 Å². The SMILES string of the molecule is Cc1c(I)cc(S(=O)(=O)O)c([N+]#N)c1S(=O)(=O)O. The molecule has 1 aromatic carbocycles. The van der Waals surface area contributed by atoms with Crippen LogP contribution in [0.15, 0.2) is 15.9 Å². The van der Waals surface area contributed by atoms with Gasteiger partial charge in [-0.3, -0.25) is 9.11 Å². The fourth-order valence-corrected chi connectivity index (χ4v) is 3.88. The predicted molar refractivity (Wildman–Crippen MR) is 68.3 cm³/mol. The van der Waals surface area contributed by atoms with Gasteiger partial charge in [0.1, 0.15) is 0 Å². The molecule has 0 aliphatic heterocycles. The minimum atomic E-state index is -4.82. The van der Waals surface area contributed by atoms with Crippen LogP contribution >= 0.6 is 22.6 Å². The number of nitrogens with zero attached hydrogens (tertiary/aromatic N) is 2. The fraction of sp³-hybridized carbons (Fsp3) is 0.143. The van der Waals surface area contributed by atoms with E-state index in [0.29, 0.717) is 0 Å². The molecule has 0 saturated carbocycles. The standard InChI is InChI=1S/C7H5IN2O6S2/c1-3-4(8)2-5(17(11,12)13)6(10-9)7(3)18(14,15)16/h2H,1H3,(H-,11,12,13,14,15,16)/p+1. The van der Waals surface area contributed by atoms with Crippen LogP contribution in [0.1, 0.15) is 5.56 Å². The van der Waals surface area contributed by atoms with Crippen LogP contribution in [0.4, 0.5) is 5.69 Å². The molecule has 98 valence electrons. The van der Waals surface area contributed by atoms with E-state index in [1.807, 2.05) is 0 Å². The topological polar surface area (TPSA) is 137 Å². The number of hydrogen-bond acceptors (Lipinski definition) is 5. The zero-order valence-electron chi connectivity index (χ0n) is 8.69. The molecule has 0 aliphatic rings. The molecule has 0 spiro atoms. The first-order chi connectivity index (χ1) is 8.00. The van der Waals surface area contributed by atoms with Crippen LogP contribution in [0.5, 0.6) is 0 Å². The van der Waals surface area contributed by atoms with Crippen molar-refractivity contribution in [3.05, 3.63) is 20.2 Å². The van der Waals surface area contributed by atoms with E-state index in [4.69, 9.17) is 14.5 Å². The highest BCUT2D eigenvalue weighted by Crippen LogP contribution is 2.36. The predicted octanol–water partition coefficient (Wildman–Crippen LogP) is 1.58. The van der Waals surface area contributed by atoms with Gasteiger partial charge in [0.15, 0.2) is 14.8 Å². The van der Waals surface area contributed by atoms with Crippen molar-refractivity contribution >= 4 is 48.5 Å². The normalized spacial score (nSPS) is 12.2. The van der Waals surface area contributed by atoms with Crippen LogP contribution in [-0.4, -0.2) is 25.9 Å². The maximum atomic E-state index is 11.2. The van der Waals surface area contributed by atoms with Crippen LogP contribution in [0, 0.1) is 15.9 Å². The molecule has 11 heteroatoms. The van der Waals surface area contributed by atoms with Crippen LogP contribution in [0.25, 0.3) is 4.98 Å². The molecule has 0 amide bonds. The Morgan fingerprint density at radius 1 is 1.22 bits per heavy atom. The molecule has 0 saturated heterocycles. The van der Waals surface area contributed by atoms with Crippen molar-refractivity contribution in [2.24, 2.45) is 0 Å². The molecule has 8 nitrogen and oxygen atoms in total. The van der Waals surface area contributed by atoms with Crippen LogP contribution < -0.4 is 0 Å². The Hall–Kier alpha value is -0.810. The van der Waals surface area contributed by atoms with Crippen molar-refractivity contribution in [3.63, 3.8) is 0 Å². The summed E-state index contributed by atoms with van der Waals surface area (Å²) in [5.74, 6) is 0. The Labute approximate surface area is 116 Å². The van der Waals surface area contributed by atoms with Gasteiger partial charge in [-0.25, -0.2) is 0 Å². The lowest BCUT2D eigenvalue weighted by atomic mass is 10.2. The zero-order chi connectivity index (χ0) is 14.3. The molecule has 0 heterocycles. The lowest BCUT2D eigenvalue weighted by Crippen LogP contribution is -2.07. The minimum absolute atomic E-state index is 0.00157. The average molecular weight is 405 g/mol. The molecule has 1 aromatic rings. The maximum Gasteiger partial charge on any atom is 0.427 e. The van der Waals surface area contributed by atoms with Crippen LogP contribution in [0.2, 0.25) is 0 Å². The van der Waals surface area contributed by atoms with Gasteiger partial charge in [-0.2, -0.15) is 16.8 Å². The third-order valence-corrected chi connectivity index (χ3v) is 5.04. The van der Waals surface area contributed by atoms with E-state index in [2.05, 4.69) is 4.98 Å². The lowest BCUT2D eigenvalue weighted by Gasteiger charge is -2.04. The molecule has 0 aliphatic carbocycles. The third-order valence-electron chi connectivity index (χ3n) is 2.04. The second kappa shape index (κ2) is 4.70. The Morgan fingerprint density at radius 2 is 1.72 bits per heavy atom. The van der Waals surface area contributed by atoms with Crippen molar-refractivity contribution in [2.75, 3.05) is 0 Å². The van der Waals surface area contributed by atoms with Crippen molar-refractivity contribution in [3.8, 4) is 0 Å². The second-order valence-electron chi connectivity index (χ2n) is 3.21. The van der Waals surface area contributed by atoms with Gasteiger partial charge in [-0.05, 0) is 41.1 Å². The van der Waals surface area contributed by atoms with Crippen LogP contribution in [0.3, 0.4) is 0 Å². The molecular formula is C7H6IN2O6S2+. The molecule has 0 unspecified atom stereocenters. The van der Waals surface area contributed by atoms with E-state index in [0.717, 1.165) is 6.07 Å². The van der Waals surface area contributed by atoms with Crippen molar-refractivity contribution in [1.82, 2.24) is 0 Å². The van der Waals surface area contributed by atoms with Gasteiger partial charge < -0.3 is 0 Å². The van der Waals surface area contributed by atoms with Crippen molar-refractivity contribution in [2.45, 2.75) is 16.7 Å². The summed E-state index contributed by atoms with van der Waals surface area (Å²) < 4.78 is 62.6. The third kappa shape index (κ3) is 2.78. The molecule has 2 N–H and O–H groups in total. The first kappa shape index (κ1) is 15.2. The number of halogens is 1. The van der Waals surface area contributed by atoms with E-state index in [9.17, 15) is 16.8 Å². The minimum Gasteiger partial charge on any atom is -0.282 e. The summed E-state index contributed by atoms with van der Waals surface area (Å²) in [6.07, 6.45) is 0. The average Bonchev–Trinajstić information content (AvgIpc) is 2.17. The fourth-order valence-electron chi connectivity index (χ4n) is 1.30. The van der Waals surface area contributed by atoms with Gasteiger partial charge in [0.2, 0.25) is 5.39 Å². The summed E-state index contributed by atoms with van der Waals surface area (Å²) in [6.45, 7) is 1.29. The van der Waals surface area contributed by atoms with Gasteiger partial charge in [-0.1, -0.05) is 0 Å². The van der Waals surface area contributed by atoms with Gasteiger partial charge in [0.25, 0.3) is 0 Å². The van der Waals surface area contributed by atoms with E-state index < -0.39 is 35.7 Å². The summed E-state index contributed by atoms with van der Waals surface area (Å²) >= 11 is 1.61. The van der Waals surface area contributed by atoms with E-state index in [1.165, 1.54) is 6.92 Å². The molecular weight excluding hydrogens is 399 g/mol. The molecule has 0 fully saturated rings. The Balaban J connectivity index is 4.07. The highest BCUT2D eigenvalue weighted by molar-refractivity contribution is 14.1. The highest BCUT2D eigenvalue weighted by Gasteiger charge is 2.37. The lowest BCUT2D eigenvalue weighted by molar-refractivity contribution is 0.481. The van der Waals surface area contributed by atoms with E-state index >= 15 is 0 Å². The zero-order valence-corrected chi connectivity index (χ0v) is 12.5. The Morgan fingerprint density at radius 3 is 2.06 bits per heavy atom. The van der Waals surface area contributed by atoms with E-state index in [1.54, 1.807) is 22.6 Å². The smallest absolute Gasteiger partial charge is 0.282 e. The maximum absolute atomic E-state index is 11.2. The number of benzene rings is 1. The van der Waals surface area contributed by atoms with Gasteiger partial charge >= 0.3 is 25.9 Å². The molecule has 18 heavy (non-hydrogen) atoms. The van der Waals surface area contributed by atoms with Gasteiger partial charge in [-0.15, -0.1) is 0 Å². The first-order valence-electron chi connectivity index (χ1n) is 4.13. The van der Waals surface area contributed by atoms with Crippen LogP contribution in [-0.2, 0) is 20.2 Å². The molecule has 0 bridgehead atoms. The second-order valence-corrected chi connectivity index (χ2v) is 7.12. The molecule has 0 atom stereocenters. The van der Waals surface area contributed by atoms with E-state index in [-0.39, 0.29) is 9.13 Å². The highest BCUT2D eigenvalue weighted by atomic mass is 127. The molecule has 0 aromatic heterocycles. The van der Waals surface area contributed by atoms with Crippen molar-refractivity contribution in [1.29, 1.82) is 5.39 Å².